The van der Waals surface area contributed by atoms with E-state index < -0.39 is 7.12 Å². The third kappa shape index (κ3) is 3.39. The van der Waals surface area contributed by atoms with E-state index in [9.17, 15) is 10.0 Å². The van der Waals surface area contributed by atoms with Crippen LogP contribution in [0, 0.1) is 0 Å². The average molecular weight is 316 g/mol. The van der Waals surface area contributed by atoms with Gasteiger partial charge in [0.1, 0.15) is 0 Å². The predicted molar refractivity (Wildman–Crippen MR) is 84.3 cm³/mol. The molecule has 4 aromatic carbocycles. The summed E-state index contributed by atoms with van der Waals surface area (Å²) < 4.78 is 0. The molecule has 4 rings (SSSR count). The molecule has 0 bridgehead atoms. The maximum absolute atomic E-state index is 11.5. The van der Waals surface area contributed by atoms with Crippen molar-refractivity contribution in [3.63, 3.8) is 0 Å². The molecular weight excluding hydrogens is 305 g/mol. The summed E-state index contributed by atoms with van der Waals surface area (Å²) in [5.41, 5.74) is 0.327. The molecule has 0 aliphatic carbocycles. The van der Waals surface area contributed by atoms with Crippen molar-refractivity contribution in [1.29, 1.82) is 0 Å². The van der Waals surface area contributed by atoms with Crippen LogP contribution in [0.4, 0.5) is 0 Å². The van der Waals surface area contributed by atoms with Gasteiger partial charge in [-0.2, -0.15) is 0 Å². The number of fused-ring (bicyclic) bond motifs is 4. The van der Waals surface area contributed by atoms with Crippen LogP contribution in [0.15, 0.2) is 66.7 Å². The van der Waals surface area contributed by atoms with Crippen LogP contribution in [0.3, 0.4) is 0 Å². The van der Waals surface area contributed by atoms with Gasteiger partial charge in [0, 0.05) is 0 Å². The van der Waals surface area contributed by atoms with Crippen LogP contribution < -0.4 is 74.6 Å². The molecule has 0 N–H and O–H groups in total. The summed E-state index contributed by atoms with van der Waals surface area (Å²) in [6, 6.07) is 21.6. The van der Waals surface area contributed by atoms with E-state index in [2.05, 4.69) is 18.2 Å². The quantitative estimate of drug-likeness (QED) is 0.202. The fourth-order valence-electron chi connectivity index (χ4n) is 3.03. The number of rotatable bonds is 1. The maximum atomic E-state index is 11.5. The zero-order valence-corrected chi connectivity index (χ0v) is 17.2. The summed E-state index contributed by atoms with van der Waals surface area (Å²) in [4.78, 5) is 0. The van der Waals surface area contributed by atoms with Crippen molar-refractivity contribution in [3.05, 3.63) is 66.7 Å². The molecule has 0 saturated carbocycles. The van der Waals surface area contributed by atoms with E-state index in [1.165, 1.54) is 0 Å². The zero-order valence-electron chi connectivity index (χ0n) is 13.2. The van der Waals surface area contributed by atoms with E-state index in [1.807, 2.05) is 36.4 Å². The average Bonchev–Trinajstić information content (AvgIpc) is 2.52. The molecule has 0 radical (unpaired) electrons. The van der Waals surface area contributed by atoms with Crippen LogP contribution >= 0.6 is 0 Å². The van der Waals surface area contributed by atoms with Crippen LogP contribution in [-0.4, -0.2) is 7.12 Å². The van der Waals surface area contributed by atoms with Crippen molar-refractivity contribution >= 4 is 44.9 Å². The first-order valence-corrected chi connectivity index (χ1v) is 6.90. The zero-order chi connectivity index (χ0) is 14.4. The van der Waals surface area contributed by atoms with Crippen molar-refractivity contribution in [2.45, 2.75) is 0 Å². The van der Waals surface area contributed by atoms with E-state index in [0.29, 0.717) is 5.46 Å². The third-order valence-electron chi connectivity index (χ3n) is 4.01. The van der Waals surface area contributed by atoms with E-state index >= 15 is 0 Å². The van der Waals surface area contributed by atoms with Gasteiger partial charge in [-0.25, -0.2) is 0 Å². The molecule has 4 aromatic rings. The van der Waals surface area contributed by atoms with Crippen LogP contribution in [0.2, 0.25) is 0 Å². The Morgan fingerprint density at radius 2 is 1.22 bits per heavy atom. The second-order valence-electron chi connectivity index (χ2n) is 5.26. The fourth-order valence-corrected chi connectivity index (χ4v) is 3.03. The van der Waals surface area contributed by atoms with E-state index in [4.69, 9.17) is 0 Å². The molecule has 0 unspecified atom stereocenters. The smallest absolute Gasteiger partial charge is 0.889 e. The number of hydrogen-bond acceptors (Lipinski definition) is 2. The molecule has 23 heavy (non-hydrogen) atoms. The number of hydrogen-bond donors (Lipinski definition) is 0. The van der Waals surface area contributed by atoms with Gasteiger partial charge in [0.25, 0.3) is 0 Å². The number of benzene rings is 4. The van der Waals surface area contributed by atoms with Crippen molar-refractivity contribution < 1.29 is 69.2 Å². The largest absolute Gasteiger partial charge is 1.00 e. The molecule has 0 saturated heterocycles. The van der Waals surface area contributed by atoms with Gasteiger partial charge in [-0.3, -0.25) is 0 Å². The van der Waals surface area contributed by atoms with Crippen LogP contribution in [0.1, 0.15) is 0 Å². The Labute approximate surface area is 179 Å². The molecule has 2 nitrogen and oxygen atoms in total. The monoisotopic (exact) mass is 316 g/mol. The predicted octanol–water partition coefficient (Wildman–Crippen LogP) is -4.43. The summed E-state index contributed by atoms with van der Waals surface area (Å²) in [7, 11) is -1.97. The molecule has 0 amide bonds. The molecule has 0 aliphatic rings. The molecule has 0 aromatic heterocycles. The molecule has 0 spiro atoms. The Morgan fingerprint density at radius 3 is 1.91 bits per heavy atom. The van der Waals surface area contributed by atoms with Crippen LogP contribution in [0.5, 0.6) is 0 Å². The molecule has 0 heterocycles. The minimum Gasteiger partial charge on any atom is -0.889 e. The first-order valence-electron chi connectivity index (χ1n) is 6.90. The Morgan fingerprint density at radius 1 is 0.609 bits per heavy atom. The molecule has 100 valence electrons. The van der Waals surface area contributed by atoms with E-state index in [-0.39, 0.29) is 59.1 Å². The van der Waals surface area contributed by atoms with Gasteiger partial charge in [0.05, 0.1) is 0 Å². The Hall–Kier alpha value is -0.355. The molecule has 0 atom stereocenters. The summed E-state index contributed by atoms with van der Waals surface area (Å²) in [6.45, 7) is 0. The van der Waals surface area contributed by atoms with Crippen molar-refractivity contribution in [2.24, 2.45) is 0 Å². The molecule has 5 heteroatoms. The standard InChI is InChI=1S/C18H11BO2.2Na/c20-19(21)17-7-3-6-12-8-9-15-10-13-4-1-2-5-14(13)11-16(15)18(12)17;;/h1-11H;;/q-2;2*+1. The summed E-state index contributed by atoms with van der Waals surface area (Å²) in [5, 5.41) is 29.0. The van der Waals surface area contributed by atoms with Gasteiger partial charge in [-0.05, 0) is 44.5 Å². The SMILES string of the molecule is [Na+].[Na+].[O-]B([O-])c1cccc2ccc3cc4ccccc4cc3c12. The maximum Gasteiger partial charge on any atom is 1.00 e. The molecular formula is C18H11BNa2O2. The van der Waals surface area contributed by atoms with E-state index in [0.717, 1.165) is 32.3 Å². The van der Waals surface area contributed by atoms with Crippen molar-refractivity contribution in [1.82, 2.24) is 0 Å². The van der Waals surface area contributed by atoms with Crippen molar-refractivity contribution in [2.75, 3.05) is 0 Å². The Balaban J connectivity index is 0.000000960. The van der Waals surface area contributed by atoms with Gasteiger partial charge in [0.2, 0.25) is 0 Å². The molecule has 0 fully saturated rings. The van der Waals surface area contributed by atoms with Gasteiger partial charge in [-0.15, -0.1) is 5.46 Å². The second-order valence-corrected chi connectivity index (χ2v) is 5.26. The first kappa shape index (κ1) is 19.0. The minimum absolute atomic E-state index is 0. The normalized spacial score (nSPS) is 10.3. The van der Waals surface area contributed by atoms with Crippen LogP contribution in [-0.2, 0) is 0 Å². The topological polar surface area (TPSA) is 46.1 Å². The van der Waals surface area contributed by atoms with Crippen molar-refractivity contribution in [3.8, 4) is 0 Å². The fraction of sp³-hybridized carbons (Fsp3) is 0. The van der Waals surface area contributed by atoms with Gasteiger partial charge < -0.3 is 10.0 Å². The van der Waals surface area contributed by atoms with Gasteiger partial charge >= 0.3 is 59.1 Å². The van der Waals surface area contributed by atoms with Crippen LogP contribution in [0.25, 0.3) is 32.3 Å². The van der Waals surface area contributed by atoms with Gasteiger partial charge in [-0.1, -0.05) is 61.7 Å². The first-order chi connectivity index (χ1) is 10.2. The van der Waals surface area contributed by atoms with E-state index in [1.54, 1.807) is 12.1 Å². The Kier molecular flexibility index (Phi) is 6.34. The second kappa shape index (κ2) is 7.69. The summed E-state index contributed by atoms with van der Waals surface area (Å²) >= 11 is 0. The minimum atomic E-state index is -1.97. The molecule has 0 aliphatic heterocycles. The summed E-state index contributed by atoms with van der Waals surface area (Å²) in [5.74, 6) is 0. The Bertz CT molecular complexity index is 986. The third-order valence-corrected chi connectivity index (χ3v) is 4.01. The summed E-state index contributed by atoms with van der Waals surface area (Å²) in [6.07, 6.45) is 0. The van der Waals surface area contributed by atoms with Gasteiger partial charge in [0.15, 0.2) is 0 Å².